The Balaban J connectivity index is 1.58. The Morgan fingerprint density at radius 1 is 0.875 bits per heavy atom. The molecule has 2 rings (SSSR count). The molecule has 2 aromatic rings. The van der Waals surface area contributed by atoms with Crippen LogP contribution in [-0.4, -0.2) is 18.2 Å². The van der Waals surface area contributed by atoms with E-state index in [9.17, 15) is 9.59 Å². The van der Waals surface area contributed by atoms with Gasteiger partial charge in [0.25, 0.3) is 5.91 Å². The molecule has 1 N–H and O–H groups in total. The molecule has 0 aliphatic rings. The van der Waals surface area contributed by atoms with Gasteiger partial charge in [-0.1, -0.05) is 48.9 Å². The number of unbranched alkanes of at least 4 members (excludes halogenated alkanes) is 2. The predicted octanol–water partition coefficient (Wildman–Crippen LogP) is 4.08. The lowest BCUT2D eigenvalue weighted by Gasteiger charge is -2.07. The maximum absolute atomic E-state index is 12.0. The molecule has 0 fully saturated rings. The van der Waals surface area contributed by atoms with Gasteiger partial charge in [0, 0.05) is 24.3 Å². The lowest BCUT2D eigenvalue weighted by atomic mass is 10.0. The van der Waals surface area contributed by atoms with Crippen molar-refractivity contribution < 1.29 is 9.59 Å². The van der Waals surface area contributed by atoms with Crippen LogP contribution in [0.15, 0.2) is 59.5 Å². The number of ketones is 1. The van der Waals surface area contributed by atoms with Crippen LogP contribution in [0.5, 0.6) is 0 Å². The third kappa shape index (κ3) is 6.20. The Morgan fingerprint density at radius 3 is 2.33 bits per heavy atom. The normalized spacial score (nSPS) is 10.4. The van der Waals surface area contributed by atoms with Crippen LogP contribution in [0.1, 0.15) is 41.6 Å². The molecular formula is C20H23NO2S. The fraction of sp³-hybridized carbons (Fsp3) is 0.300. The maximum atomic E-state index is 12.0. The highest BCUT2D eigenvalue weighted by Crippen LogP contribution is 2.12. The number of carbonyl (C=O) groups is 2. The highest BCUT2D eigenvalue weighted by molar-refractivity contribution is 7.80. The third-order valence-electron chi connectivity index (χ3n) is 3.81. The van der Waals surface area contributed by atoms with E-state index in [4.69, 9.17) is 0 Å². The second kappa shape index (κ2) is 9.93. The van der Waals surface area contributed by atoms with Crippen LogP contribution < -0.4 is 5.32 Å². The van der Waals surface area contributed by atoms with E-state index in [0.29, 0.717) is 29.8 Å². The molecule has 0 saturated heterocycles. The molecule has 2 aromatic carbocycles. The largest absolute Gasteiger partial charge is 0.352 e. The molecule has 4 heteroatoms. The standard InChI is InChI=1S/C20H23NO2S/c22-17(15-16-9-3-1-4-10-16)11-5-2-8-14-21-20(23)18-12-6-7-13-19(18)24/h1,3-4,6-7,9-10,12-13,24H,2,5,8,11,14-15H2,(H,21,23). The molecule has 0 saturated carbocycles. The number of benzene rings is 2. The van der Waals surface area contributed by atoms with E-state index in [1.54, 1.807) is 12.1 Å². The first-order valence-corrected chi connectivity index (χ1v) is 8.73. The van der Waals surface area contributed by atoms with Crippen LogP contribution in [0, 0.1) is 0 Å². The quantitative estimate of drug-likeness (QED) is 0.533. The minimum Gasteiger partial charge on any atom is -0.352 e. The Bertz CT molecular complexity index is 670. The molecule has 24 heavy (non-hydrogen) atoms. The molecule has 0 unspecified atom stereocenters. The highest BCUT2D eigenvalue weighted by atomic mass is 32.1. The van der Waals surface area contributed by atoms with Gasteiger partial charge in [0.1, 0.15) is 5.78 Å². The molecule has 0 aromatic heterocycles. The van der Waals surface area contributed by atoms with Crippen molar-refractivity contribution in [2.75, 3.05) is 6.54 Å². The molecular weight excluding hydrogens is 318 g/mol. The number of hydrogen-bond acceptors (Lipinski definition) is 3. The molecule has 0 spiro atoms. The van der Waals surface area contributed by atoms with Crippen LogP contribution >= 0.6 is 12.6 Å². The molecule has 1 amide bonds. The second-order valence-electron chi connectivity index (χ2n) is 5.78. The van der Waals surface area contributed by atoms with Crippen LogP contribution in [0.25, 0.3) is 0 Å². The SMILES string of the molecule is O=C(CCCCCNC(=O)c1ccccc1S)Cc1ccccc1. The van der Waals surface area contributed by atoms with E-state index < -0.39 is 0 Å². The summed E-state index contributed by atoms with van der Waals surface area (Å²) in [6.45, 7) is 0.619. The lowest BCUT2D eigenvalue weighted by molar-refractivity contribution is -0.118. The van der Waals surface area contributed by atoms with E-state index >= 15 is 0 Å². The van der Waals surface area contributed by atoms with Crippen LogP contribution in [-0.2, 0) is 11.2 Å². The zero-order chi connectivity index (χ0) is 17.2. The smallest absolute Gasteiger partial charge is 0.252 e. The van der Waals surface area contributed by atoms with Gasteiger partial charge >= 0.3 is 0 Å². The average Bonchev–Trinajstić information content (AvgIpc) is 2.59. The van der Waals surface area contributed by atoms with E-state index in [-0.39, 0.29) is 11.7 Å². The van der Waals surface area contributed by atoms with Crippen LogP contribution in [0.2, 0.25) is 0 Å². The van der Waals surface area contributed by atoms with E-state index in [2.05, 4.69) is 17.9 Å². The number of thiol groups is 1. The molecule has 126 valence electrons. The fourth-order valence-electron chi connectivity index (χ4n) is 2.50. The van der Waals surface area contributed by atoms with Crippen molar-refractivity contribution >= 4 is 24.3 Å². The van der Waals surface area contributed by atoms with Crippen LogP contribution in [0.3, 0.4) is 0 Å². The van der Waals surface area contributed by atoms with E-state index in [0.717, 1.165) is 24.8 Å². The van der Waals surface area contributed by atoms with Gasteiger partial charge in [0.2, 0.25) is 0 Å². The molecule has 0 atom stereocenters. The average molecular weight is 341 g/mol. The highest BCUT2D eigenvalue weighted by Gasteiger charge is 2.07. The van der Waals surface area contributed by atoms with E-state index in [1.807, 2.05) is 42.5 Å². The zero-order valence-electron chi connectivity index (χ0n) is 13.7. The molecule has 0 bridgehead atoms. The summed E-state index contributed by atoms with van der Waals surface area (Å²) in [4.78, 5) is 24.6. The molecule has 3 nitrogen and oxygen atoms in total. The van der Waals surface area contributed by atoms with Gasteiger partial charge in [-0.3, -0.25) is 9.59 Å². The minimum atomic E-state index is -0.0965. The lowest BCUT2D eigenvalue weighted by Crippen LogP contribution is -2.24. The van der Waals surface area contributed by atoms with Gasteiger partial charge in [-0.2, -0.15) is 0 Å². The number of Topliss-reactive ketones (excluding diaryl/α,β-unsaturated/α-hetero) is 1. The first-order chi connectivity index (χ1) is 11.7. The minimum absolute atomic E-state index is 0.0965. The summed E-state index contributed by atoms with van der Waals surface area (Å²) < 4.78 is 0. The molecule has 0 aliphatic carbocycles. The predicted molar refractivity (Wildman–Crippen MR) is 99.6 cm³/mol. The molecule has 0 heterocycles. The fourth-order valence-corrected chi connectivity index (χ4v) is 2.76. The van der Waals surface area contributed by atoms with Gasteiger partial charge in [-0.25, -0.2) is 0 Å². The van der Waals surface area contributed by atoms with Crippen molar-refractivity contribution in [1.29, 1.82) is 0 Å². The van der Waals surface area contributed by atoms with Gasteiger partial charge in [0.15, 0.2) is 0 Å². The Kier molecular flexibility index (Phi) is 7.56. The summed E-state index contributed by atoms with van der Waals surface area (Å²) in [5.41, 5.74) is 1.67. The van der Waals surface area contributed by atoms with Crippen LogP contribution in [0.4, 0.5) is 0 Å². The topological polar surface area (TPSA) is 46.2 Å². The Morgan fingerprint density at radius 2 is 1.58 bits per heavy atom. The summed E-state index contributed by atoms with van der Waals surface area (Å²) in [5, 5.41) is 2.89. The van der Waals surface area contributed by atoms with Gasteiger partial charge in [-0.15, -0.1) is 12.6 Å². The number of hydrogen-bond donors (Lipinski definition) is 2. The monoisotopic (exact) mass is 341 g/mol. The van der Waals surface area contributed by atoms with E-state index in [1.165, 1.54) is 0 Å². The Hall–Kier alpha value is -2.07. The van der Waals surface area contributed by atoms with Crippen molar-refractivity contribution in [2.45, 2.75) is 37.0 Å². The number of amides is 1. The summed E-state index contributed by atoms with van der Waals surface area (Å²) in [5.74, 6) is 0.176. The van der Waals surface area contributed by atoms with Crippen molar-refractivity contribution in [1.82, 2.24) is 5.32 Å². The molecule has 0 aliphatic heterocycles. The van der Waals surface area contributed by atoms with Gasteiger partial charge in [-0.05, 0) is 30.5 Å². The molecule has 0 radical (unpaired) electrons. The summed E-state index contributed by atoms with van der Waals surface area (Å²) >= 11 is 4.28. The van der Waals surface area contributed by atoms with Crippen molar-refractivity contribution in [3.63, 3.8) is 0 Å². The number of nitrogens with one attached hydrogen (secondary N) is 1. The van der Waals surface area contributed by atoms with Crippen molar-refractivity contribution in [3.8, 4) is 0 Å². The third-order valence-corrected chi connectivity index (χ3v) is 4.20. The van der Waals surface area contributed by atoms with Gasteiger partial charge < -0.3 is 5.32 Å². The number of carbonyl (C=O) groups excluding carboxylic acids is 2. The zero-order valence-corrected chi connectivity index (χ0v) is 14.6. The summed E-state index contributed by atoms with van der Waals surface area (Å²) in [7, 11) is 0. The number of rotatable bonds is 9. The van der Waals surface area contributed by atoms with Crippen molar-refractivity contribution in [2.24, 2.45) is 0 Å². The second-order valence-corrected chi connectivity index (χ2v) is 6.27. The van der Waals surface area contributed by atoms with Gasteiger partial charge in [0.05, 0.1) is 5.56 Å². The summed E-state index contributed by atoms with van der Waals surface area (Å²) in [6.07, 6.45) is 3.78. The van der Waals surface area contributed by atoms with Crippen molar-refractivity contribution in [3.05, 3.63) is 65.7 Å². The summed E-state index contributed by atoms with van der Waals surface area (Å²) in [6, 6.07) is 17.1. The maximum Gasteiger partial charge on any atom is 0.252 e. The Labute approximate surface area is 148 Å². The first kappa shape index (κ1) is 18.3. The first-order valence-electron chi connectivity index (χ1n) is 8.28.